The van der Waals surface area contributed by atoms with Crippen molar-refractivity contribution in [1.29, 1.82) is 0 Å². The molecule has 0 aliphatic rings. The van der Waals surface area contributed by atoms with Gasteiger partial charge in [0.25, 0.3) is 0 Å². The highest BCUT2D eigenvalue weighted by Crippen LogP contribution is 1.94. The minimum Gasteiger partial charge on any atom is -0.316 e. The van der Waals surface area contributed by atoms with Crippen LogP contribution in [-0.4, -0.2) is 34.3 Å². The predicted molar refractivity (Wildman–Crippen MR) is 69.3 cm³/mol. The van der Waals surface area contributed by atoms with E-state index in [1.165, 1.54) is 0 Å². The third kappa shape index (κ3) is 7.41. The number of nitrogens with one attached hydrogen (secondary N) is 2. The van der Waals surface area contributed by atoms with Crippen molar-refractivity contribution in [3.8, 4) is 0 Å². The van der Waals surface area contributed by atoms with Crippen molar-refractivity contribution < 1.29 is 28.9 Å². The van der Waals surface area contributed by atoms with E-state index in [9.17, 15) is 19.2 Å². The molecule has 0 heterocycles. The van der Waals surface area contributed by atoms with Gasteiger partial charge in [0.1, 0.15) is 0 Å². The Bertz CT molecular complexity index is 417. The van der Waals surface area contributed by atoms with Crippen LogP contribution in [0.25, 0.3) is 0 Å². The summed E-state index contributed by atoms with van der Waals surface area (Å²) < 4.78 is 3.91. The van der Waals surface area contributed by atoms with Crippen molar-refractivity contribution in [1.82, 2.24) is 19.8 Å². The molecule has 0 rings (SSSR count). The second-order valence-corrected chi connectivity index (χ2v) is 3.41. The van der Waals surface area contributed by atoms with Crippen molar-refractivity contribution in [3.63, 3.8) is 0 Å². The first kappa shape index (κ1) is 18.2. The van der Waals surface area contributed by atoms with E-state index < -0.39 is 24.0 Å². The number of hydrazine groups is 2. The minimum atomic E-state index is -1.08. The van der Waals surface area contributed by atoms with Gasteiger partial charge in [-0.15, -0.1) is 0 Å². The smallest absolute Gasteiger partial charge is 0.316 e. The molecule has 12 nitrogen and oxygen atoms in total. The molecule has 0 atom stereocenters. The zero-order valence-electron chi connectivity index (χ0n) is 10.5. The number of hydroxylamine groups is 2. The average Bonchev–Trinajstić information content (AvgIpc) is 2.46. The van der Waals surface area contributed by atoms with Crippen LogP contribution in [0.1, 0.15) is 0 Å². The molecule has 0 saturated heterocycles. The normalized spacial score (nSPS) is 8.86. The third-order valence-corrected chi connectivity index (χ3v) is 1.94. The van der Waals surface area contributed by atoms with Crippen LogP contribution >= 0.6 is 12.1 Å². The Morgan fingerprint density at radius 1 is 0.905 bits per heavy atom. The maximum atomic E-state index is 11.2. The highest BCUT2D eigenvalue weighted by atomic mass is 32.2. The number of urea groups is 2. The Kier molecular flexibility index (Phi) is 7.97. The van der Waals surface area contributed by atoms with Gasteiger partial charge in [0.15, 0.2) is 0 Å². The van der Waals surface area contributed by atoms with Crippen LogP contribution in [0, 0.1) is 0 Å². The molecule has 6 N–H and O–H groups in total. The Labute approximate surface area is 122 Å². The van der Waals surface area contributed by atoms with Crippen LogP contribution in [-0.2, 0) is 19.3 Å². The van der Waals surface area contributed by atoms with E-state index in [0.717, 1.165) is 12.2 Å². The number of hydrogen-bond donors (Lipinski definition) is 4. The van der Waals surface area contributed by atoms with E-state index >= 15 is 0 Å². The van der Waals surface area contributed by atoms with Gasteiger partial charge >= 0.3 is 24.0 Å². The number of carbonyl (C=O) groups excluding carboxylic acids is 4. The Balaban J connectivity index is 4.07. The van der Waals surface area contributed by atoms with Crippen LogP contribution < -0.4 is 21.1 Å². The molecule has 0 radical (unpaired) electrons. The van der Waals surface area contributed by atoms with Crippen LogP contribution in [0.3, 0.4) is 0 Å². The standard InChI is InChI=1S/C8H12N6O6S/c1-3-5(15)19-13(9)7(17)11-21-12-8(18)14(10)20-6(16)4-2/h3-4H,1-2,9-10H2,(H,11,17)(H,12,18). The zero-order chi connectivity index (χ0) is 16.4. The van der Waals surface area contributed by atoms with Crippen molar-refractivity contribution in [3.05, 3.63) is 25.3 Å². The quantitative estimate of drug-likeness (QED) is 0.160. The van der Waals surface area contributed by atoms with E-state index in [4.69, 9.17) is 11.7 Å². The summed E-state index contributed by atoms with van der Waals surface area (Å²) >= 11 is 0.319. The second kappa shape index (κ2) is 9.18. The fourth-order valence-electron chi connectivity index (χ4n) is 0.554. The van der Waals surface area contributed by atoms with Crippen molar-refractivity contribution in [2.45, 2.75) is 0 Å². The average molecular weight is 320 g/mol. The first-order valence-corrected chi connectivity index (χ1v) is 5.67. The zero-order valence-corrected chi connectivity index (χ0v) is 11.3. The molecule has 0 aromatic heterocycles. The molecule has 0 aromatic carbocycles. The van der Waals surface area contributed by atoms with Crippen LogP contribution in [0.4, 0.5) is 9.59 Å². The highest BCUT2D eigenvalue weighted by molar-refractivity contribution is 7.96. The summed E-state index contributed by atoms with van der Waals surface area (Å²) in [5, 5.41) is 0.141. The van der Waals surface area contributed by atoms with Gasteiger partial charge in [-0.2, -0.15) is 0 Å². The lowest BCUT2D eigenvalue weighted by Crippen LogP contribution is -2.47. The molecular formula is C8H12N6O6S. The fraction of sp³-hybridized carbons (Fsp3) is 0. The molecule has 0 unspecified atom stereocenters. The Morgan fingerprint density at radius 3 is 1.52 bits per heavy atom. The molecule has 116 valence electrons. The largest absolute Gasteiger partial charge is 0.377 e. The summed E-state index contributed by atoms with van der Waals surface area (Å²) in [6, 6.07) is -2.16. The lowest BCUT2D eigenvalue weighted by Gasteiger charge is -2.16. The van der Waals surface area contributed by atoms with E-state index in [1.54, 1.807) is 0 Å². The SMILES string of the molecule is C=CC(=O)ON(N)C(=O)NSNC(=O)N(N)OC(=O)C=C. The summed E-state index contributed by atoms with van der Waals surface area (Å²) in [6.45, 7) is 6.18. The number of hydrogen-bond acceptors (Lipinski definition) is 9. The summed E-state index contributed by atoms with van der Waals surface area (Å²) in [4.78, 5) is 52.4. The number of rotatable bonds is 4. The molecule has 0 bridgehead atoms. The highest BCUT2D eigenvalue weighted by Gasteiger charge is 2.16. The van der Waals surface area contributed by atoms with Gasteiger partial charge in [0, 0.05) is 12.2 Å². The molecule has 0 aromatic rings. The molecular weight excluding hydrogens is 308 g/mol. The van der Waals surface area contributed by atoms with Crippen molar-refractivity contribution in [2.75, 3.05) is 0 Å². The van der Waals surface area contributed by atoms with Crippen LogP contribution in [0.2, 0.25) is 0 Å². The third-order valence-electron chi connectivity index (χ3n) is 1.39. The van der Waals surface area contributed by atoms with Crippen molar-refractivity contribution >= 4 is 36.1 Å². The Hall–Kier alpha value is -2.77. The van der Waals surface area contributed by atoms with Gasteiger partial charge in [-0.1, -0.05) is 23.5 Å². The molecule has 13 heteroatoms. The van der Waals surface area contributed by atoms with Crippen LogP contribution in [0.5, 0.6) is 0 Å². The maximum Gasteiger partial charge on any atom is 0.377 e. The lowest BCUT2D eigenvalue weighted by atomic mass is 10.7. The van der Waals surface area contributed by atoms with E-state index in [1.807, 2.05) is 9.44 Å². The van der Waals surface area contributed by atoms with Gasteiger partial charge in [0.2, 0.25) is 0 Å². The summed E-state index contributed by atoms with van der Waals surface area (Å²) in [5.74, 6) is 8.15. The number of carbonyl (C=O) groups is 4. The van der Waals surface area contributed by atoms with Gasteiger partial charge in [-0.25, -0.2) is 30.9 Å². The number of nitrogens with zero attached hydrogens (tertiary/aromatic N) is 2. The van der Waals surface area contributed by atoms with Crippen molar-refractivity contribution in [2.24, 2.45) is 11.7 Å². The lowest BCUT2D eigenvalue weighted by molar-refractivity contribution is -0.171. The molecule has 0 aliphatic heterocycles. The van der Waals surface area contributed by atoms with Gasteiger partial charge < -0.3 is 9.68 Å². The molecule has 0 spiro atoms. The monoisotopic (exact) mass is 320 g/mol. The molecule has 0 fully saturated rings. The van der Waals surface area contributed by atoms with E-state index in [-0.39, 0.29) is 10.3 Å². The maximum absolute atomic E-state index is 11.2. The predicted octanol–water partition coefficient (Wildman–Crippen LogP) is -1.39. The Morgan fingerprint density at radius 2 is 1.24 bits per heavy atom. The minimum absolute atomic E-state index is 0.0706. The van der Waals surface area contributed by atoms with E-state index in [0.29, 0.717) is 12.1 Å². The molecule has 0 saturated carbocycles. The van der Waals surface area contributed by atoms with E-state index in [2.05, 4.69) is 22.8 Å². The number of nitrogens with two attached hydrogens (primary N) is 2. The summed E-state index contributed by atoms with van der Waals surface area (Å²) in [5.41, 5.74) is 0. The fourth-order valence-corrected chi connectivity index (χ4v) is 0.960. The molecule has 21 heavy (non-hydrogen) atoms. The summed E-state index contributed by atoms with van der Waals surface area (Å²) in [6.07, 6.45) is 1.56. The number of amides is 4. The summed E-state index contributed by atoms with van der Waals surface area (Å²) in [7, 11) is 0. The molecule has 0 aliphatic carbocycles. The van der Waals surface area contributed by atoms with Gasteiger partial charge in [0.05, 0.1) is 12.1 Å². The molecule has 4 amide bonds. The van der Waals surface area contributed by atoms with Crippen LogP contribution in [0.15, 0.2) is 25.3 Å². The second-order valence-electron chi connectivity index (χ2n) is 2.80. The topological polar surface area (TPSA) is 169 Å². The van der Waals surface area contributed by atoms with Gasteiger partial charge in [-0.3, -0.25) is 9.44 Å². The van der Waals surface area contributed by atoms with Gasteiger partial charge in [-0.05, 0) is 0 Å². The first-order chi connectivity index (χ1) is 9.81. The first-order valence-electron chi connectivity index (χ1n) is 4.86.